The van der Waals surface area contributed by atoms with E-state index in [1.807, 2.05) is 60.7 Å². The molecular weight excluding hydrogens is 540 g/mol. The molecule has 9 heteroatoms. The van der Waals surface area contributed by atoms with Gasteiger partial charge in [0, 0.05) is 0 Å². The highest BCUT2D eigenvalue weighted by Gasteiger charge is 2.33. The minimum absolute atomic E-state index is 0.211. The second-order valence-corrected chi connectivity index (χ2v) is 10.3. The van der Waals surface area contributed by atoms with Crippen LogP contribution in [0.2, 0.25) is 0 Å². The van der Waals surface area contributed by atoms with Gasteiger partial charge in [0.15, 0.2) is 16.3 Å². The first-order valence-corrected chi connectivity index (χ1v) is 13.9. The fraction of sp³-hybridized carbons (Fsp3) is 0.219. The number of fused-ring (bicyclic) bond motifs is 1. The Morgan fingerprint density at radius 1 is 1.00 bits per heavy atom. The number of ether oxygens (including phenoxy) is 4. The summed E-state index contributed by atoms with van der Waals surface area (Å²) in [7, 11) is 3.17. The van der Waals surface area contributed by atoms with Crippen molar-refractivity contribution in [2.24, 2.45) is 4.99 Å². The number of nitrogens with zero attached hydrogens (tertiary/aromatic N) is 2. The van der Waals surface area contributed by atoms with Gasteiger partial charge in [-0.1, -0.05) is 59.9 Å². The average molecular weight is 571 g/mol. The summed E-state index contributed by atoms with van der Waals surface area (Å²) < 4.78 is 24.3. The van der Waals surface area contributed by atoms with Gasteiger partial charge in [0.2, 0.25) is 0 Å². The molecule has 2 heterocycles. The van der Waals surface area contributed by atoms with Gasteiger partial charge in [-0.05, 0) is 60.9 Å². The minimum atomic E-state index is -0.693. The molecule has 0 N–H and O–H groups in total. The van der Waals surface area contributed by atoms with E-state index in [1.165, 1.54) is 11.3 Å². The fourth-order valence-electron chi connectivity index (χ4n) is 4.67. The van der Waals surface area contributed by atoms with Gasteiger partial charge >= 0.3 is 5.97 Å². The van der Waals surface area contributed by atoms with Crippen molar-refractivity contribution in [2.45, 2.75) is 26.5 Å². The van der Waals surface area contributed by atoms with Crippen molar-refractivity contribution in [3.8, 4) is 17.2 Å². The minimum Gasteiger partial charge on any atom is -0.497 e. The first-order valence-electron chi connectivity index (χ1n) is 13.1. The van der Waals surface area contributed by atoms with Crippen LogP contribution in [0, 0.1) is 0 Å². The lowest BCUT2D eigenvalue weighted by atomic mass is 9.96. The predicted octanol–water partition coefficient (Wildman–Crippen LogP) is 4.39. The third-order valence-corrected chi connectivity index (χ3v) is 7.65. The number of benzene rings is 3. The molecule has 1 aromatic heterocycles. The number of hydrogen-bond acceptors (Lipinski definition) is 8. The van der Waals surface area contributed by atoms with E-state index in [2.05, 4.69) is 4.99 Å². The normalized spacial score (nSPS) is 14.7. The summed E-state index contributed by atoms with van der Waals surface area (Å²) in [6.07, 6.45) is 1.79. The Labute approximate surface area is 241 Å². The quantitative estimate of drug-likeness (QED) is 0.277. The van der Waals surface area contributed by atoms with Crippen molar-refractivity contribution in [3.63, 3.8) is 0 Å². The number of thiazole rings is 1. The van der Waals surface area contributed by atoms with E-state index in [1.54, 1.807) is 50.8 Å². The standard InChI is InChI=1S/C32H30N2O6S/c1-5-39-31(36)28-20(2)33-32-34(29(28)23-12-14-24(37-3)15-13-23)30(35)27(41-32)18-22-11-16-25(26(17-22)38-4)40-19-21-9-7-6-8-10-21/h6-18,29H,5,19H2,1-4H3/b27-18-. The number of rotatable bonds is 9. The van der Waals surface area contributed by atoms with E-state index in [-0.39, 0.29) is 12.2 Å². The van der Waals surface area contributed by atoms with Crippen LogP contribution in [0.15, 0.2) is 93.9 Å². The van der Waals surface area contributed by atoms with Crippen LogP contribution in [0.5, 0.6) is 17.2 Å². The summed E-state index contributed by atoms with van der Waals surface area (Å²) in [5, 5.41) is 0. The Morgan fingerprint density at radius 2 is 1.76 bits per heavy atom. The Hall–Kier alpha value is -4.63. The maximum Gasteiger partial charge on any atom is 0.338 e. The molecule has 5 rings (SSSR count). The zero-order chi connectivity index (χ0) is 28.9. The molecule has 1 aliphatic heterocycles. The second kappa shape index (κ2) is 12.3. The highest BCUT2D eigenvalue weighted by atomic mass is 32.1. The van der Waals surface area contributed by atoms with Crippen molar-refractivity contribution >= 4 is 23.4 Å². The molecule has 0 saturated carbocycles. The van der Waals surface area contributed by atoms with Gasteiger partial charge in [-0.2, -0.15) is 0 Å². The van der Waals surface area contributed by atoms with Crippen molar-refractivity contribution in [1.29, 1.82) is 0 Å². The number of hydrogen-bond donors (Lipinski definition) is 0. The summed E-state index contributed by atoms with van der Waals surface area (Å²) in [6, 6.07) is 22.0. The molecule has 1 aliphatic rings. The van der Waals surface area contributed by atoms with Crippen molar-refractivity contribution in [2.75, 3.05) is 20.8 Å². The Bertz CT molecular complexity index is 1770. The van der Waals surface area contributed by atoms with Crippen LogP contribution in [0.4, 0.5) is 0 Å². The van der Waals surface area contributed by atoms with Crippen LogP contribution in [0.1, 0.15) is 36.6 Å². The van der Waals surface area contributed by atoms with E-state index in [4.69, 9.17) is 18.9 Å². The van der Waals surface area contributed by atoms with Crippen LogP contribution in [0.25, 0.3) is 6.08 Å². The summed E-state index contributed by atoms with van der Waals surface area (Å²) in [6.45, 7) is 4.13. The second-order valence-electron chi connectivity index (χ2n) is 9.26. The van der Waals surface area contributed by atoms with E-state index in [9.17, 15) is 9.59 Å². The number of esters is 1. The lowest BCUT2D eigenvalue weighted by molar-refractivity contribution is -0.139. The maximum absolute atomic E-state index is 13.9. The molecule has 1 atom stereocenters. The van der Waals surface area contributed by atoms with E-state index >= 15 is 0 Å². The number of aromatic nitrogens is 1. The Balaban J connectivity index is 1.55. The average Bonchev–Trinajstić information content (AvgIpc) is 3.30. The summed E-state index contributed by atoms with van der Waals surface area (Å²) in [5.41, 5.74) is 3.14. The van der Waals surface area contributed by atoms with E-state index in [0.29, 0.717) is 44.5 Å². The van der Waals surface area contributed by atoms with Crippen molar-refractivity contribution < 1.29 is 23.7 Å². The molecule has 0 bridgehead atoms. The molecule has 3 aromatic carbocycles. The third kappa shape index (κ3) is 5.81. The lowest BCUT2D eigenvalue weighted by Crippen LogP contribution is -2.39. The maximum atomic E-state index is 13.9. The molecule has 0 fully saturated rings. The molecule has 8 nitrogen and oxygen atoms in total. The number of allylic oxidation sites excluding steroid dienone is 1. The fourth-order valence-corrected chi connectivity index (χ4v) is 5.72. The van der Waals surface area contributed by atoms with E-state index in [0.717, 1.165) is 16.7 Å². The van der Waals surface area contributed by atoms with Crippen LogP contribution < -0.4 is 29.1 Å². The van der Waals surface area contributed by atoms with Gasteiger partial charge < -0.3 is 18.9 Å². The zero-order valence-corrected chi connectivity index (χ0v) is 24.1. The Kier molecular flexibility index (Phi) is 8.35. The van der Waals surface area contributed by atoms with Crippen LogP contribution in [-0.2, 0) is 16.1 Å². The molecule has 0 amide bonds. The van der Waals surface area contributed by atoms with Crippen LogP contribution in [0.3, 0.4) is 0 Å². The van der Waals surface area contributed by atoms with Crippen molar-refractivity contribution in [1.82, 2.24) is 4.57 Å². The number of carbonyl (C=O) groups excluding carboxylic acids is 1. The lowest BCUT2D eigenvalue weighted by Gasteiger charge is -2.24. The third-order valence-electron chi connectivity index (χ3n) is 6.67. The summed E-state index contributed by atoms with van der Waals surface area (Å²) in [5.74, 6) is 1.33. The van der Waals surface area contributed by atoms with Gasteiger partial charge in [0.25, 0.3) is 5.56 Å². The highest BCUT2D eigenvalue weighted by Crippen LogP contribution is 2.32. The molecule has 210 valence electrons. The summed E-state index contributed by atoms with van der Waals surface area (Å²) >= 11 is 1.26. The molecule has 0 saturated heterocycles. The molecule has 0 aliphatic carbocycles. The molecular formula is C32H30N2O6S. The first kappa shape index (κ1) is 27.9. The molecule has 41 heavy (non-hydrogen) atoms. The van der Waals surface area contributed by atoms with Gasteiger partial charge in [-0.15, -0.1) is 0 Å². The molecule has 1 unspecified atom stereocenters. The monoisotopic (exact) mass is 570 g/mol. The number of carbonyl (C=O) groups is 1. The van der Waals surface area contributed by atoms with Gasteiger partial charge in [-0.3, -0.25) is 9.36 Å². The molecule has 0 radical (unpaired) electrons. The molecule has 4 aromatic rings. The highest BCUT2D eigenvalue weighted by molar-refractivity contribution is 7.07. The van der Waals surface area contributed by atoms with Crippen LogP contribution >= 0.6 is 11.3 Å². The summed E-state index contributed by atoms with van der Waals surface area (Å²) in [4.78, 5) is 32.1. The molecule has 0 spiro atoms. The smallest absolute Gasteiger partial charge is 0.338 e. The zero-order valence-electron chi connectivity index (χ0n) is 23.2. The first-order chi connectivity index (χ1) is 19.9. The Morgan fingerprint density at radius 3 is 2.44 bits per heavy atom. The topological polar surface area (TPSA) is 88.4 Å². The van der Waals surface area contributed by atoms with Gasteiger partial charge in [0.05, 0.1) is 42.7 Å². The van der Waals surface area contributed by atoms with E-state index < -0.39 is 12.0 Å². The number of methoxy groups -OCH3 is 2. The van der Waals surface area contributed by atoms with Crippen molar-refractivity contribution in [3.05, 3.63) is 120 Å². The van der Waals surface area contributed by atoms with Crippen LogP contribution in [-0.4, -0.2) is 31.4 Å². The SMILES string of the molecule is CCOC(=O)C1=C(C)N=c2s/c(=C\c3ccc(OCc4ccccc4)c(OC)c3)c(=O)n2C1c1ccc(OC)cc1. The van der Waals surface area contributed by atoms with Gasteiger partial charge in [-0.25, -0.2) is 9.79 Å². The van der Waals surface area contributed by atoms with Gasteiger partial charge in [0.1, 0.15) is 12.4 Å². The largest absolute Gasteiger partial charge is 0.497 e. The predicted molar refractivity (Wildman–Crippen MR) is 157 cm³/mol.